The van der Waals surface area contributed by atoms with Crippen LogP contribution in [0.25, 0.3) is 0 Å². The maximum absolute atomic E-state index is 11.2. The van der Waals surface area contributed by atoms with Crippen molar-refractivity contribution in [1.82, 2.24) is 0 Å². The van der Waals surface area contributed by atoms with Crippen molar-refractivity contribution in [2.24, 2.45) is 0 Å². The van der Waals surface area contributed by atoms with Crippen molar-refractivity contribution in [1.29, 1.82) is 0 Å². The van der Waals surface area contributed by atoms with Crippen LogP contribution in [0, 0.1) is 0 Å². The zero-order chi connectivity index (χ0) is 25.4. The van der Waals surface area contributed by atoms with E-state index in [0.29, 0.717) is 12.8 Å². The Kier molecular flexibility index (Phi) is 22.2. The van der Waals surface area contributed by atoms with Gasteiger partial charge in [0.1, 0.15) is 0 Å². The smallest absolute Gasteiger partial charge is 0.321 e. The molecule has 0 heterocycles. The minimum atomic E-state index is -3.56. The number of hydrogen-bond donors (Lipinski definition) is 2. The zero-order valence-corrected chi connectivity index (χ0v) is 22.8. The first kappa shape index (κ1) is 33.3. The van der Waals surface area contributed by atoms with Crippen molar-refractivity contribution in [2.45, 2.75) is 103 Å². The van der Waals surface area contributed by atoms with E-state index in [1.807, 2.05) is 12.2 Å². The van der Waals surface area contributed by atoms with Gasteiger partial charge < -0.3 is 18.8 Å². The lowest BCUT2D eigenvalue weighted by atomic mass is 10.0. The third-order valence-corrected chi connectivity index (χ3v) is 7.44. The van der Waals surface area contributed by atoms with Gasteiger partial charge in [0.05, 0.1) is 13.2 Å². The Labute approximate surface area is 208 Å². The summed E-state index contributed by atoms with van der Waals surface area (Å²) in [6.45, 7) is 7.05. The molecule has 0 saturated carbocycles. The molecule has 0 amide bonds. The van der Waals surface area contributed by atoms with Gasteiger partial charge in [-0.1, -0.05) is 102 Å². The van der Waals surface area contributed by atoms with E-state index in [4.69, 9.17) is 9.05 Å². The first-order valence-corrected chi connectivity index (χ1v) is 16.1. The Morgan fingerprint density at radius 2 is 0.765 bits per heavy atom. The molecule has 8 heteroatoms. The Morgan fingerprint density at radius 3 is 1.06 bits per heavy atom. The fourth-order valence-corrected chi connectivity index (χ4v) is 4.32. The van der Waals surface area contributed by atoms with E-state index in [2.05, 4.69) is 25.3 Å². The molecule has 0 aliphatic rings. The second kappa shape index (κ2) is 22.7. The molecule has 0 aliphatic carbocycles. The quantitative estimate of drug-likeness (QED) is 0.0711. The topological polar surface area (TPSA) is 93.1 Å². The summed E-state index contributed by atoms with van der Waals surface area (Å²) in [5.74, 6) is 1.93. The molecule has 0 aromatic carbocycles. The average Bonchev–Trinajstić information content (AvgIpc) is 2.81. The van der Waals surface area contributed by atoms with Crippen LogP contribution in [0.5, 0.6) is 0 Å². The van der Waals surface area contributed by atoms with Gasteiger partial charge in [-0.2, -0.15) is 0 Å². The molecular formula is C26H48O6P2. The number of unbranched alkanes of at least 4 members (excludes halogenated alkanes) is 13. The maximum Gasteiger partial charge on any atom is 0.351 e. The van der Waals surface area contributed by atoms with E-state index in [-0.39, 0.29) is 13.2 Å². The molecule has 0 fully saturated rings. The fraction of sp³-hybridized carbons (Fsp3) is 0.692. The van der Waals surface area contributed by atoms with Gasteiger partial charge in [-0.15, -0.1) is 0 Å². The standard InChI is InChI=1S/C26H48O6P2/c1-3-33(27,28)31-25-23-21-19-17-15-13-11-9-7-5-6-8-10-12-14-16-18-20-22-24-26-32-34(29,30)4-2/h3-4,19-22H,1-2,5-18,23-26H2,(H,27,28)(H,29,30)/b21-19-,22-20-. The predicted molar refractivity (Wildman–Crippen MR) is 144 cm³/mol. The normalized spacial score (nSPS) is 15.5. The van der Waals surface area contributed by atoms with Gasteiger partial charge in [-0.3, -0.25) is 9.13 Å². The van der Waals surface area contributed by atoms with Crippen LogP contribution >= 0.6 is 15.2 Å². The summed E-state index contributed by atoms with van der Waals surface area (Å²) in [5.41, 5.74) is 0. The molecule has 2 atom stereocenters. The van der Waals surface area contributed by atoms with Crippen molar-refractivity contribution < 1.29 is 28.0 Å². The van der Waals surface area contributed by atoms with Crippen LogP contribution in [-0.4, -0.2) is 23.0 Å². The molecule has 0 aromatic rings. The molecule has 2 unspecified atom stereocenters. The van der Waals surface area contributed by atoms with E-state index >= 15 is 0 Å². The number of allylic oxidation sites excluding steroid dienone is 2. The van der Waals surface area contributed by atoms with E-state index in [1.54, 1.807) is 0 Å². The Hall–Kier alpha value is -0.740. The van der Waals surface area contributed by atoms with Crippen molar-refractivity contribution in [3.05, 3.63) is 49.1 Å². The molecule has 0 rings (SSSR count). The lowest BCUT2D eigenvalue weighted by molar-refractivity contribution is 0.272. The van der Waals surface area contributed by atoms with Crippen molar-refractivity contribution in [3.8, 4) is 0 Å². The van der Waals surface area contributed by atoms with Gasteiger partial charge in [0.2, 0.25) is 0 Å². The summed E-state index contributed by atoms with van der Waals surface area (Å²) >= 11 is 0. The lowest BCUT2D eigenvalue weighted by Gasteiger charge is -2.05. The van der Waals surface area contributed by atoms with E-state index in [1.165, 1.54) is 77.0 Å². The molecule has 0 aliphatic heterocycles. The maximum atomic E-state index is 11.2. The third-order valence-electron chi connectivity index (χ3n) is 5.41. The molecule has 0 saturated heterocycles. The fourth-order valence-electron chi connectivity index (χ4n) is 3.37. The largest absolute Gasteiger partial charge is 0.351 e. The van der Waals surface area contributed by atoms with Gasteiger partial charge in [0.15, 0.2) is 0 Å². The minimum Gasteiger partial charge on any atom is -0.321 e. The van der Waals surface area contributed by atoms with Gasteiger partial charge in [0, 0.05) is 11.6 Å². The summed E-state index contributed by atoms with van der Waals surface area (Å²) < 4.78 is 32.1. The highest BCUT2D eigenvalue weighted by atomic mass is 31.2. The molecule has 2 N–H and O–H groups in total. The van der Waals surface area contributed by atoms with Crippen LogP contribution in [-0.2, 0) is 18.2 Å². The van der Waals surface area contributed by atoms with Crippen LogP contribution in [0.3, 0.4) is 0 Å². The summed E-state index contributed by atoms with van der Waals surface area (Å²) in [4.78, 5) is 18.4. The van der Waals surface area contributed by atoms with E-state index in [9.17, 15) is 18.9 Å². The average molecular weight is 519 g/mol. The van der Waals surface area contributed by atoms with Crippen LogP contribution in [0.1, 0.15) is 103 Å². The van der Waals surface area contributed by atoms with Gasteiger partial charge >= 0.3 is 15.2 Å². The lowest BCUT2D eigenvalue weighted by Crippen LogP contribution is -1.88. The first-order valence-electron chi connectivity index (χ1n) is 12.8. The first-order chi connectivity index (χ1) is 16.3. The molecule has 34 heavy (non-hydrogen) atoms. The van der Waals surface area contributed by atoms with E-state index in [0.717, 1.165) is 24.5 Å². The Balaban J connectivity index is 3.25. The van der Waals surface area contributed by atoms with Gasteiger partial charge in [-0.05, 0) is 38.5 Å². The van der Waals surface area contributed by atoms with Gasteiger partial charge in [0.25, 0.3) is 0 Å². The Bertz CT molecular complexity index is 604. The molecule has 0 aromatic heterocycles. The molecule has 6 nitrogen and oxygen atoms in total. The van der Waals surface area contributed by atoms with Crippen LogP contribution in [0.15, 0.2) is 49.1 Å². The molecule has 198 valence electrons. The second-order valence-corrected chi connectivity index (χ2v) is 12.0. The van der Waals surface area contributed by atoms with Crippen LogP contribution in [0.4, 0.5) is 0 Å². The van der Waals surface area contributed by atoms with Crippen molar-refractivity contribution in [3.63, 3.8) is 0 Å². The van der Waals surface area contributed by atoms with Gasteiger partial charge in [-0.25, -0.2) is 0 Å². The summed E-state index contributed by atoms with van der Waals surface area (Å²) in [6, 6.07) is 0. The predicted octanol–water partition coefficient (Wildman–Crippen LogP) is 9.03. The monoisotopic (exact) mass is 518 g/mol. The summed E-state index contributed by atoms with van der Waals surface area (Å²) in [7, 11) is -7.13. The SMILES string of the molecule is C=CP(=O)(O)OCC/C=C\CCCCCCCCCCCCCC/C=C\CCOP(=O)(O)C=C. The molecule has 0 bridgehead atoms. The van der Waals surface area contributed by atoms with E-state index < -0.39 is 15.2 Å². The third kappa shape index (κ3) is 24.4. The van der Waals surface area contributed by atoms with Crippen molar-refractivity contribution in [2.75, 3.05) is 13.2 Å². The zero-order valence-electron chi connectivity index (χ0n) is 21.0. The highest BCUT2D eigenvalue weighted by Gasteiger charge is 2.12. The van der Waals surface area contributed by atoms with Crippen LogP contribution in [0.2, 0.25) is 0 Å². The molecule has 0 spiro atoms. The second-order valence-electron chi connectivity index (χ2n) is 8.50. The molecule has 0 radical (unpaired) electrons. The molecular weight excluding hydrogens is 470 g/mol. The number of rotatable bonds is 25. The highest BCUT2D eigenvalue weighted by Crippen LogP contribution is 2.43. The minimum absolute atomic E-state index is 0.250. The van der Waals surface area contributed by atoms with Crippen molar-refractivity contribution >= 4 is 15.2 Å². The van der Waals surface area contributed by atoms with Crippen LogP contribution < -0.4 is 0 Å². The summed E-state index contributed by atoms with van der Waals surface area (Å²) in [5, 5.41) is 0. The Morgan fingerprint density at radius 1 is 0.500 bits per heavy atom. The highest BCUT2D eigenvalue weighted by molar-refractivity contribution is 7.56. The number of hydrogen-bond acceptors (Lipinski definition) is 4. The summed E-state index contributed by atoms with van der Waals surface area (Å²) in [6.07, 6.45) is 27.3.